The van der Waals surface area contributed by atoms with E-state index in [4.69, 9.17) is 9.47 Å². The Bertz CT molecular complexity index is 1630. The number of fused-ring (bicyclic) bond motifs is 9. The highest BCUT2D eigenvalue weighted by molar-refractivity contribution is 5.92. The van der Waals surface area contributed by atoms with E-state index in [1.807, 2.05) is 20.9 Å². The van der Waals surface area contributed by atoms with E-state index in [9.17, 15) is 25.1 Å². The molecule has 0 aromatic heterocycles. The van der Waals surface area contributed by atoms with Crippen molar-refractivity contribution in [3.05, 3.63) is 57.2 Å². The molecule has 2 amide bonds. The Kier molecular flexibility index (Phi) is 7.46. The van der Waals surface area contributed by atoms with Gasteiger partial charge in [0.05, 0.1) is 18.2 Å². The second-order valence-corrected chi connectivity index (χ2v) is 12.3. The number of aromatic hydroxyl groups is 2. The number of carbonyl (C=O) groups is 2. The summed E-state index contributed by atoms with van der Waals surface area (Å²) < 4.78 is 11.8. The van der Waals surface area contributed by atoms with Gasteiger partial charge in [0.1, 0.15) is 23.6 Å². The third-order valence-corrected chi connectivity index (χ3v) is 10.0. The number of nitrogens with zero attached hydrogens (tertiary/aromatic N) is 3. The van der Waals surface area contributed by atoms with Crippen LogP contribution in [0, 0.1) is 32.1 Å². The Labute approximate surface area is 257 Å². The fraction of sp³-hybridized carbons (Fsp3) is 0.485. The molecular formula is C33H39N5O6. The highest BCUT2D eigenvalue weighted by atomic mass is 16.7. The van der Waals surface area contributed by atoms with Crippen LogP contribution in [0.3, 0.4) is 0 Å². The van der Waals surface area contributed by atoms with Gasteiger partial charge in [-0.1, -0.05) is 12.1 Å². The minimum absolute atomic E-state index is 0.00186. The monoisotopic (exact) mass is 601 g/mol. The number of likely N-dealkylation sites (N-methyl/N-ethyl adjacent to an activating group) is 1. The molecule has 1 unspecified atom stereocenters. The predicted molar refractivity (Wildman–Crippen MR) is 161 cm³/mol. The molecule has 2 aromatic carbocycles. The number of nitrogens with one attached hydrogen (secondary N) is 2. The fourth-order valence-electron chi connectivity index (χ4n) is 7.74. The second-order valence-electron chi connectivity index (χ2n) is 12.3. The van der Waals surface area contributed by atoms with Crippen LogP contribution in [0.5, 0.6) is 23.0 Å². The van der Waals surface area contributed by atoms with Crippen molar-refractivity contribution >= 4 is 11.8 Å². The standard InChI is InChI=1S/C33H39N5O6/c1-7-8-25(39)36-18(5)33(42)35-13-24-27-20(29(40)17(4)31-32(27)44-14-43-31)11-22-28-26-19(9-15(2)16(3)30(26)41)10-21(37(28)6)23(12-34)38(22)24/h7-9,18,21-24,28,40-41H,10-11,13-14H2,1-6H3,(H,35,42)(H,36,39)/b8-7+/t18-,21-,22?,23-,24-,28-/m0/s1. The first-order valence-electron chi connectivity index (χ1n) is 15.1. The Morgan fingerprint density at radius 3 is 2.55 bits per heavy atom. The van der Waals surface area contributed by atoms with E-state index in [1.165, 1.54) is 6.08 Å². The third-order valence-electron chi connectivity index (χ3n) is 10.0. The van der Waals surface area contributed by atoms with Gasteiger partial charge in [0, 0.05) is 40.9 Å². The highest BCUT2D eigenvalue weighted by Gasteiger charge is 2.56. The molecule has 44 heavy (non-hydrogen) atoms. The van der Waals surface area contributed by atoms with Crippen LogP contribution in [0.15, 0.2) is 18.2 Å². The number of nitriles is 1. The van der Waals surface area contributed by atoms with Gasteiger partial charge in [-0.05, 0) is 77.3 Å². The van der Waals surface area contributed by atoms with E-state index in [2.05, 4.69) is 32.6 Å². The molecule has 1 fully saturated rings. The molecule has 11 nitrogen and oxygen atoms in total. The van der Waals surface area contributed by atoms with Crippen molar-refractivity contribution in [1.82, 2.24) is 20.4 Å². The lowest BCUT2D eigenvalue weighted by molar-refractivity contribution is -0.127. The quantitative estimate of drug-likeness (QED) is 0.380. The summed E-state index contributed by atoms with van der Waals surface area (Å²) in [4.78, 5) is 29.7. The van der Waals surface area contributed by atoms with Crippen molar-refractivity contribution < 1.29 is 29.3 Å². The van der Waals surface area contributed by atoms with Crippen molar-refractivity contribution in [2.24, 2.45) is 0 Å². The van der Waals surface area contributed by atoms with Crippen LogP contribution < -0.4 is 20.1 Å². The largest absolute Gasteiger partial charge is 0.507 e. The predicted octanol–water partition coefficient (Wildman–Crippen LogP) is 2.72. The maximum absolute atomic E-state index is 13.2. The number of ether oxygens (including phenoxy) is 2. The van der Waals surface area contributed by atoms with E-state index in [0.717, 1.165) is 22.3 Å². The molecule has 6 atom stereocenters. The van der Waals surface area contributed by atoms with Gasteiger partial charge in [0.25, 0.3) is 0 Å². The third kappa shape index (κ3) is 4.39. The van der Waals surface area contributed by atoms with Crippen LogP contribution in [0.2, 0.25) is 0 Å². The summed E-state index contributed by atoms with van der Waals surface area (Å²) in [5.74, 6) is 0.581. The smallest absolute Gasteiger partial charge is 0.244 e. The van der Waals surface area contributed by atoms with Crippen LogP contribution in [0.4, 0.5) is 0 Å². The number of allylic oxidation sites excluding steroid dienone is 1. The van der Waals surface area contributed by atoms with Gasteiger partial charge >= 0.3 is 0 Å². The molecule has 2 bridgehead atoms. The maximum atomic E-state index is 13.2. The molecule has 0 aliphatic carbocycles. The fourth-order valence-corrected chi connectivity index (χ4v) is 7.74. The summed E-state index contributed by atoms with van der Waals surface area (Å²) in [6.45, 7) is 9.11. The van der Waals surface area contributed by atoms with Crippen LogP contribution in [-0.2, 0) is 22.4 Å². The van der Waals surface area contributed by atoms with Crippen molar-refractivity contribution in [3.8, 4) is 29.1 Å². The number of hydrogen-bond donors (Lipinski definition) is 4. The summed E-state index contributed by atoms with van der Waals surface area (Å²) in [5, 5.41) is 39.4. The number of phenols is 2. The van der Waals surface area contributed by atoms with Crippen LogP contribution >= 0.6 is 0 Å². The first-order chi connectivity index (χ1) is 21.0. The lowest BCUT2D eigenvalue weighted by Gasteiger charge is -2.60. The average Bonchev–Trinajstić information content (AvgIpc) is 3.48. The number of aryl methyl sites for hydroxylation is 1. The number of rotatable bonds is 5. The summed E-state index contributed by atoms with van der Waals surface area (Å²) in [6, 6.07) is 1.99. The van der Waals surface area contributed by atoms with Crippen molar-refractivity contribution in [1.29, 1.82) is 5.26 Å². The van der Waals surface area contributed by atoms with Gasteiger partial charge in [-0.25, -0.2) is 0 Å². The van der Waals surface area contributed by atoms with Crippen LogP contribution in [-0.4, -0.2) is 76.4 Å². The molecule has 6 rings (SSSR count). The molecule has 4 aliphatic heterocycles. The van der Waals surface area contributed by atoms with E-state index >= 15 is 0 Å². The second kappa shape index (κ2) is 11.0. The number of hydrogen-bond acceptors (Lipinski definition) is 9. The van der Waals surface area contributed by atoms with Gasteiger partial charge < -0.3 is 30.3 Å². The first-order valence-corrected chi connectivity index (χ1v) is 15.1. The lowest BCUT2D eigenvalue weighted by atomic mass is 9.71. The number of carbonyl (C=O) groups excluding carboxylic acids is 2. The summed E-state index contributed by atoms with van der Waals surface area (Å²) in [6.07, 6.45) is 3.93. The summed E-state index contributed by atoms with van der Waals surface area (Å²) >= 11 is 0. The summed E-state index contributed by atoms with van der Waals surface area (Å²) in [7, 11) is 2.00. The highest BCUT2D eigenvalue weighted by Crippen LogP contribution is 2.57. The molecule has 4 heterocycles. The van der Waals surface area contributed by atoms with E-state index < -0.39 is 18.1 Å². The molecule has 4 aliphatic rings. The van der Waals surface area contributed by atoms with Crippen LogP contribution in [0.1, 0.15) is 64.9 Å². The van der Waals surface area contributed by atoms with Crippen molar-refractivity contribution in [2.75, 3.05) is 20.4 Å². The Morgan fingerprint density at radius 1 is 1.11 bits per heavy atom. The number of amides is 2. The van der Waals surface area contributed by atoms with Gasteiger partial charge in [0.15, 0.2) is 11.5 Å². The molecule has 232 valence electrons. The Hall–Kier alpha value is -4.27. The van der Waals surface area contributed by atoms with Crippen molar-refractivity contribution in [3.63, 3.8) is 0 Å². The van der Waals surface area contributed by atoms with Gasteiger partial charge in [-0.2, -0.15) is 5.26 Å². The minimum atomic E-state index is -0.803. The number of benzene rings is 2. The molecule has 0 saturated carbocycles. The molecule has 0 radical (unpaired) electrons. The molecule has 0 spiro atoms. The molecule has 11 heteroatoms. The Balaban J connectivity index is 1.48. The molecule has 1 saturated heterocycles. The average molecular weight is 602 g/mol. The lowest BCUT2D eigenvalue weighted by Crippen LogP contribution is -2.68. The topological polar surface area (TPSA) is 147 Å². The maximum Gasteiger partial charge on any atom is 0.244 e. The SMILES string of the molecule is C/C=C/C(=O)N[C@@H](C)C(=O)NC[C@H]1c2c(c(O)c(C)c3c2OCO3)CC2[C@H]3c4c(cc(C)c(C)c4O)C[C@@H]([C@H](C#N)N21)N3C. The Morgan fingerprint density at radius 2 is 1.84 bits per heavy atom. The zero-order valence-electron chi connectivity index (χ0n) is 25.9. The van der Waals surface area contributed by atoms with Crippen LogP contribution in [0.25, 0.3) is 0 Å². The molecule has 4 N–H and O–H groups in total. The first kappa shape index (κ1) is 29.8. The van der Waals surface area contributed by atoms with Gasteiger partial charge in [-0.15, -0.1) is 0 Å². The number of piperazine rings is 1. The van der Waals surface area contributed by atoms with E-state index in [-0.39, 0.29) is 54.8 Å². The zero-order chi connectivity index (χ0) is 31.6. The minimum Gasteiger partial charge on any atom is -0.507 e. The van der Waals surface area contributed by atoms with E-state index in [1.54, 1.807) is 26.8 Å². The van der Waals surface area contributed by atoms with Gasteiger partial charge in [-0.3, -0.25) is 19.4 Å². The number of phenolic OH excluding ortho intramolecular Hbond substituents is 2. The molecular weight excluding hydrogens is 562 g/mol. The molecule has 2 aromatic rings. The summed E-state index contributed by atoms with van der Waals surface area (Å²) in [5.41, 5.74) is 5.65. The van der Waals surface area contributed by atoms with Gasteiger partial charge in [0.2, 0.25) is 18.6 Å². The van der Waals surface area contributed by atoms with Crippen molar-refractivity contribution in [2.45, 2.75) is 83.7 Å². The normalized spacial score (nSPS) is 25.9. The zero-order valence-corrected chi connectivity index (χ0v) is 25.9. The van der Waals surface area contributed by atoms with E-state index in [0.29, 0.717) is 41.0 Å².